The smallest absolute Gasteiger partial charge is 0.317 e. The minimum atomic E-state index is -0.791. The largest absolute Gasteiger partial charge is 0.480 e. The lowest BCUT2D eigenvalue weighted by molar-refractivity contribution is -0.138. The van der Waals surface area contributed by atoms with E-state index >= 15 is 0 Å². The number of rotatable bonds is 3. The van der Waals surface area contributed by atoms with Gasteiger partial charge in [-0.05, 0) is 11.8 Å². The summed E-state index contributed by atoms with van der Waals surface area (Å²) in [7, 11) is 0. The Balaban J connectivity index is 2.37. The van der Waals surface area contributed by atoms with Crippen molar-refractivity contribution in [2.45, 2.75) is 6.92 Å². The number of hydrogen-bond donors (Lipinski definition) is 2. The van der Waals surface area contributed by atoms with Crippen LogP contribution in [0.25, 0.3) is 0 Å². The normalized spacial score (nSPS) is 30.8. The molecule has 2 atom stereocenters. The fourth-order valence-corrected chi connectivity index (χ4v) is 1.70. The van der Waals surface area contributed by atoms with E-state index in [2.05, 4.69) is 0 Å². The topological polar surface area (TPSA) is 60.8 Å². The molecule has 1 aliphatic heterocycles. The molecule has 1 fully saturated rings. The minimum absolute atomic E-state index is 0.0981. The molecule has 12 heavy (non-hydrogen) atoms. The van der Waals surface area contributed by atoms with Gasteiger partial charge in [0.1, 0.15) is 0 Å². The molecule has 1 aliphatic rings. The average Bonchev–Trinajstić information content (AvgIpc) is 2.29. The van der Waals surface area contributed by atoms with Crippen LogP contribution in [-0.2, 0) is 4.79 Å². The van der Waals surface area contributed by atoms with E-state index < -0.39 is 5.97 Å². The summed E-state index contributed by atoms with van der Waals surface area (Å²) >= 11 is 0. The number of carboxylic acid groups (broad SMARTS) is 1. The molecular formula is C8H15NO3. The summed E-state index contributed by atoms with van der Waals surface area (Å²) in [4.78, 5) is 12.2. The van der Waals surface area contributed by atoms with Crippen LogP contribution in [-0.4, -0.2) is 47.3 Å². The molecule has 0 saturated carbocycles. The molecule has 0 aromatic carbocycles. The van der Waals surface area contributed by atoms with Crippen molar-refractivity contribution in [2.75, 3.05) is 26.2 Å². The lowest BCUT2D eigenvalue weighted by Crippen LogP contribution is -2.27. The molecule has 1 rings (SSSR count). The first-order chi connectivity index (χ1) is 5.63. The third-order valence-electron chi connectivity index (χ3n) is 2.44. The molecule has 0 spiro atoms. The fraction of sp³-hybridized carbons (Fsp3) is 0.875. The van der Waals surface area contributed by atoms with Crippen LogP contribution in [0.3, 0.4) is 0 Å². The minimum Gasteiger partial charge on any atom is -0.480 e. The van der Waals surface area contributed by atoms with E-state index in [1.165, 1.54) is 0 Å². The van der Waals surface area contributed by atoms with Gasteiger partial charge in [-0.1, -0.05) is 6.92 Å². The van der Waals surface area contributed by atoms with Gasteiger partial charge in [0, 0.05) is 19.7 Å². The van der Waals surface area contributed by atoms with Crippen molar-refractivity contribution in [2.24, 2.45) is 11.8 Å². The van der Waals surface area contributed by atoms with Crippen molar-refractivity contribution in [3.63, 3.8) is 0 Å². The molecular weight excluding hydrogens is 158 g/mol. The number of likely N-dealkylation sites (tertiary alicyclic amines) is 1. The molecule has 4 heteroatoms. The van der Waals surface area contributed by atoms with E-state index in [4.69, 9.17) is 10.2 Å². The standard InChI is InChI=1S/C8H15NO3/c1-6-2-9(4-8(11)12)3-7(6)5-10/h6-7,10H,2-5H2,1H3,(H,11,12)/t6-,7+/m0/s1. The third-order valence-corrected chi connectivity index (χ3v) is 2.44. The van der Waals surface area contributed by atoms with E-state index in [-0.39, 0.29) is 19.1 Å². The molecule has 0 amide bonds. The monoisotopic (exact) mass is 173 g/mol. The predicted octanol–water partition coefficient (Wildman–Crippen LogP) is -0.369. The first-order valence-corrected chi connectivity index (χ1v) is 4.18. The quantitative estimate of drug-likeness (QED) is 0.611. The zero-order valence-corrected chi connectivity index (χ0v) is 7.23. The number of carboxylic acids is 1. The Morgan fingerprint density at radius 3 is 2.67 bits per heavy atom. The molecule has 0 unspecified atom stereocenters. The van der Waals surface area contributed by atoms with Crippen LogP contribution < -0.4 is 0 Å². The number of nitrogens with zero attached hydrogens (tertiary/aromatic N) is 1. The molecule has 0 bridgehead atoms. The highest BCUT2D eigenvalue weighted by Crippen LogP contribution is 2.21. The van der Waals surface area contributed by atoms with E-state index in [0.29, 0.717) is 12.5 Å². The highest BCUT2D eigenvalue weighted by molar-refractivity contribution is 5.69. The molecule has 4 nitrogen and oxygen atoms in total. The van der Waals surface area contributed by atoms with E-state index in [9.17, 15) is 4.79 Å². The Morgan fingerprint density at radius 1 is 1.58 bits per heavy atom. The highest BCUT2D eigenvalue weighted by atomic mass is 16.4. The summed E-state index contributed by atoms with van der Waals surface area (Å²) in [5.41, 5.74) is 0. The van der Waals surface area contributed by atoms with E-state index in [1.54, 1.807) is 0 Å². The molecule has 0 aromatic heterocycles. The van der Waals surface area contributed by atoms with Gasteiger partial charge in [0.25, 0.3) is 0 Å². The Morgan fingerprint density at radius 2 is 2.25 bits per heavy atom. The molecule has 0 aromatic rings. The summed E-state index contributed by atoms with van der Waals surface area (Å²) in [6, 6.07) is 0. The molecule has 2 N–H and O–H groups in total. The zero-order valence-electron chi connectivity index (χ0n) is 7.23. The van der Waals surface area contributed by atoms with Crippen LogP contribution in [0, 0.1) is 11.8 Å². The van der Waals surface area contributed by atoms with Crippen LogP contribution in [0.2, 0.25) is 0 Å². The lowest BCUT2D eigenvalue weighted by atomic mass is 10.00. The van der Waals surface area contributed by atoms with E-state index in [0.717, 1.165) is 6.54 Å². The first-order valence-electron chi connectivity index (χ1n) is 4.18. The van der Waals surface area contributed by atoms with Gasteiger partial charge in [-0.3, -0.25) is 9.69 Å². The summed E-state index contributed by atoms with van der Waals surface area (Å²) < 4.78 is 0. The summed E-state index contributed by atoms with van der Waals surface area (Å²) in [5, 5.41) is 17.4. The van der Waals surface area contributed by atoms with Crippen molar-refractivity contribution >= 4 is 5.97 Å². The second kappa shape index (κ2) is 3.87. The molecule has 0 radical (unpaired) electrons. The maximum atomic E-state index is 10.4. The Labute approximate surface area is 71.8 Å². The molecule has 1 heterocycles. The number of carbonyl (C=O) groups is 1. The SMILES string of the molecule is C[C@H]1CN(CC(=O)O)C[C@@H]1CO. The molecule has 1 saturated heterocycles. The van der Waals surface area contributed by atoms with Crippen molar-refractivity contribution < 1.29 is 15.0 Å². The van der Waals surface area contributed by atoms with Gasteiger partial charge in [-0.15, -0.1) is 0 Å². The van der Waals surface area contributed by atoms with E-state index in [1.807, 2.05) is 11.8 Å². The summed E-state index contributed by atoms with van der Waals surface area (Å²) in [6.07, 6.45) is 0. The van der Waals surface area contributed by atoms with Gasteiger partial charge < -0.3 is 10.2 Å². The second-order valence-corrected chi connectivity index (χ2v) is 3.51. The third kappa shape index (κ3) is 2.19. The maximum Gasteiger partial charge on any atom is 0.317 e. The number of hydrogen-bond acceptors (Lipinski definition) is 3. The lowest BCUT2D eigenvalue weighted by Gasteiger charge is -2.11. The van der Waals surface area contributed by atoms with Crippen molar-refractivity contribution in [1.29, 1.82) is 0 Å². The Bertz CT molecular complexity index is 172. The van der Waals surface area contributed by atoms with Crippen LogP contribution in [0.5, 0.6) is 0 Å². The van der Waals surface area contributed by atoms with Crippen LogP contribution in [0.1, 0.15) is 6.92 Å². The number of aliphatic hydroxyl groups excluding tert-OH is 1. The van der Waals surface area contributed by atoms with Gasteiger partial charge in [0.05, 0.1) is 6.54 Å². The predicted molar refractivity (Wildman–Crippen MR) is 43.8 cm³/mol. The van der Waals surface area contributed by atoms with Crippen molar-refractivity contribution in [3.05, 3.63) is 0 Å². The van der Waals surface area contributed by atoms with Crippen LogP contribution in [0.4, 0.5) is 0 Å². The van der Waals surface area contributed by atoms with Gasteiger partial charge in [-0.2, -0.15) is 0 Å². The summed E-state index contributed by atoms with van der Waals surface area (Å²) in [5.74, 6) is -0.125. The van der Waals surface area contributed by atoms with Crippen molar-refractivity contribution in [3.8, 4) is 0 Å². The van der Waals surface area contributed by atoms with Crippen LogP contribution in [0.15, 0.2) is 0 Å². The second-order valence-electron chi connectivity index (χ2n) is 3.51. The van der Waals surface area contributed by atoms with Gasteiger partial charge >= 0.3 is 5.97 Å². The van der Waals surface area contributed by atoms with Gasteiger partial charge in [0.2, 0.25) is 0 Å². The molecule has 0 aliphatic carbocycles. The zero-order chi connectivity index (χ0) is 9.14. The molecule has 70 valence electrons. The van der Waals surface area contributed by atoms with Crippen molar-refractivity contribution in [1.82, 2.24) is 4.90 Å². The van der Waals surface area contributed by atoms with Gasteiger partial charge in [0.15, 0.2) is 0 Å². The van der Waals surface area contributed by atoms with Gasteiger partial charge in [-0.25, -0.2) is 0 Å². The highest BCUT2D eigenvalue weighted by Gasteiger charge is 2.29. The summed E-state index contributed by atoms with van der Waals surface area (Å²) in [6.45, 7) is 3.81. The maximum absolute atomic E-state index is 10.4. The number of aliphatic hydroxyl groups is 1. The van der Waals surface area contributed by atoms with Crippen LogP contribution >= 0.6 is 0 Å². The Kier molecular flexibility index (Phi) is 3.05. The number of aliphatic carboxylic acids is 1. The Hall–Kier alpha value is -0.610. The first kappa shape index (κ1) is 9.48. The fourth-order valence-electron chi connectivity index (χ4n) is 1.70. The average molecular weight is 173 g/mol.